The quantitative estimate of drug-likeness (QED) is 0.505. The molecule has 3 aromatic heterocycles. The lowest BCUT2D eigenvalue weighted by Crippen LogP contribution is -2.27. The molecule has 0 radical (unpaired) electrons. The summed E-state index contributed by atoms with van der Waals surface area (Å²) in [5, 5.41) is 6.85. The molecule has 0 unspecified atom stereocenters. The highest BCUT2D eigenvalue weighted by Crippen LogP contribution is 2.25. The Kier molecular flexibility index (Phi) is 4.98. The molecule has 10 heteroatoms. The number of anilines is 1. The van der Waals surface area contributed by atoms with Gasteiger partial charge in [-0.25, -0.2) is 9.78 Å². The van der Waals surface area contributed by atoms with Gasteiger partial charge in [0.15, 0.2) is 5.76 Å². The van der Waals surface area contributed by atoms with Crippen LogP contribution in [-0.4, -0.2) is 38.2 Å². The zero-order chi connectivity index (χ0) is 20.4. The second kappa shape index (κ2) is 7.74. The Balaban J connectivity index is 1.77. The van der Waals surface area contributed by atoms with E-state index in [4.69, 9.17) is 9.15 Å². The van der Waals surface area contributed by atoms with E-state index in [-0.39, 0.29) is 23.9 Å². The van der Waals surface area contributed by atoms with Crippen LogP contribution in [0, 0.1) is 0 Å². The summed E-state index contributed by atoms with van der Waals surface area (Å²) < 4.78 is 11.3. The number of esters is 1. The number of ether oxygens (including phenoxy) is 1. The van der Waals surface area contributed by atoms with Gasteiger partial charge in [-0.1, -0.05) is 0 Å². The number of H-pyrrole nitrogens is 1. The maximum Gasteiger partial charge on any atom is 0.397 e. The fourth-order valence-electron chi connectivity index (χ4n) is 3.23. The van der Waals surface area contributed by atoms with Crippen molar-refractivity contribution >= 4 is 17.7 Å². The molecule has 0 aromatic carbocycles. The molecule has 0 fully saturated rings. The van der Waals surface area contributed by atoms with E-state index in [0.717, 1.165) is 12.8 Å². The molecule has 150 valence electrons. The lowest BCUT2D eigenvalue weighted by molar-refractivity contribution is -0.152. The SMILES string of the molecule is CCOC(=O)C(=O)Nc1cc(-c2ccco2)nn1-c1nc2c(c(=O)[nH]1)CCCC2. The van der Waals surface area contributed by atoms with Gasteiger partial charge in [0.25, 0.3) is 5.56 Å². The number of hydrogen-bond acceptors (Lipinski definition) is 7. The summed E-state index contributed by atoms with van der Waals surface area (Å²) in [4.78, 5) is 43.6. The van der Waals surface area contributed by atoms with Crippen LogP contribution in [0.1, 0.15) is 31.0 Å². The first-order valence-electron chi connectivity index (χ1n) is 9.31. The molecule has 0 bridgehead atoms. The minimum absolute atomic E-state index is 0.0723. The second-order valence-electron chi connectivity index (χ2n) is 6.50. The van der Waals surface area contributed by atoms with Crippen molar-refractivity contribution in [1.29, 1.82) is 0 Å². The average Bonchev–Trinajstić information content (AvgIpc) is 3.38. The van der Waals surface area contributed by atoms with E-state index in [0.29, 0.717) is 35.6 Å². The number of aromatic amines is 1. The van der Waals surface area contributed by atoms with Gasteiger partial charge in [0.1, 0.15) is 11.5 Å². The molecule has 3 heterocycles. The third kappa shape index (κ3) is 3.68. The number of furan rings is 1. The number of rotatable bonds is 4. The first-order valence-corrected chi connectivity index (χ1v) is 9.31. The Morgan fingerprint density at radius 1 is 1.34 bits per heavy atom. The van der Waals surface area contributed by atoms with Gasteiger partial charge in [0.2, 0.25) is 5.95 Å². The normalized spacial score (nSPS) is 13.0. The first kappa shape index (κ1) is 18.7. The molecule has 29 heavy (non-hydrogen) atoms. The van der Waals surface area contributed by atoms with E-state index >= 15 is 0 Å². The van der Waals surface area contributed by atoms with Crippen molar-refractivity contribution in [2.24, 2.45) is 0 Å². The number of carbonyl (C=O) groups excluding carboxylic acids is 2. The van der Waals surface area contributed by atoms with Crippen LogP contribution in [0.5, 0.6) is 0 Å². The van der Waals surface area contributed by atoms with E-state index in [2.05, 4.69) is 20.4 Å². The number of nitrogens with zero attached hydrogens (tertiary/aromatic N) is 3. The number of hydrogen-bond donors (Lipinski definition) is 2. The predicted molar refractivity (Wildman–Crippen MR) is 102 cm³/mol. The van der Waals surface area contributed by atoms with Gasteiger partial charge in [0.05, 0.1) is 18.6 Å². The molecule has 3 aromatic rings. The smallest absolute Gasteiger partial charge is 0.397 e. The number of aryl methyl sites for hydroxylation is 1. The van der Waals surface area contributed by atoms with Gasteiger partial charge in [-0.2, -0.15) is 9.78 Å². The maximum atomic E-state index is 12.5. The molecule has 2 N–H and O–H groups in total. The lowest BCUT2D eigenvalue weighted by atomic mass is 9.97. The van der Waals surface area contributed by atoms with E-state index in [1.165, 1.54) is 17.0 Å². The molecule has 4 rings (SSSR count). The second-order valence-corrected chi connectivity index (χ2v) is 6.50. The molecular weight excluding hydrogens is 378 g/mol. The number of fused-ring (bicyclic) bond motifs is 1. The van der Waals surface area contributed by atoms with Crippen LogP contribution in [0.2, 0.25) is 0 Å². The van der Waals surface area contributed by atoms with Crippen molar-refractivity contribution in [3.63, 3.8) is 0 Å². The molecular formula is C19H19N5O5. The number of aromatic nitrogens is 4. The van der Waals surface area contributed by atoms with Crippen molar-refractivity contribution < 1.29 is 18.7 Å². The van der Waals surface area contributed by atoms with Crippen molar-refractivity contribution in [1.82, 2.24) is 19.7 Å². The standard InChI is InChI=1S/C19H19N5O5/c1-2-28-18(27)17(26)21-15-10-13(14-8-5-9-29-14)23-24(15)19-20-12-7-4-3-6-11(12)16(25)22-19/h5,8-10H,2-4,6-7H2,1H3,(H,21,26)(H,20,22,25). The van der Waals surface area contributed by atoms with Crippen LogP contribution in [0.25, 0.3) is 17.4 Å². The summed E-state index contributed by atoms with van der Waals surface area (Å²) in [6.07, 6.45) is 4.77. The Hall–Kier alpha value is -3.69. The zero-order valence-electron chi connectivity index (χ0n) is 15.7. The Labute approximate surface area is 164 Å². The van der Waals surface area contributed by atoms with Crippen LogP contribution < -0.4 is 10.9 Å². The molecule has 1 aliphatic rings. The average molecular weight is 397 g/mol. The van der Waals surface area contributed by atoms with Crippen molar-refractivity contribution in [2.45, 2.75) is 32.6 Å². The summed E-state index contributed by atoms with van der Waals surface area (Å²) in [6.45, 7) is 1.68. The third-order valence-electron chi connectivity index (χ3n) is 4.57. The van der Waals surface area contributed by atoms with E-state index in [1.807, 2.05) is 0 Å². The summed E-state index contributed by atoms with van der Waals surface area (Å²) in [5.41, 5.74) is 1.56. The van der Waals surface area contributed by atoms with Gasteiger partial charge in [-0.15, -0.1) is 0 Å². The Morgan fingerprint density at radius 2 is 2.17 bits per heavy atom. The number of carbonyl (C=O) groups is 2. The molecule has 1 aliphatic carbocycles. The Bertz CT molecular complexity index is 1110. The largest absolute Gasteiger partial charge is 0.463 e. The molecule has 0 aliphatic heterocycles. The number of amides is 1. The van der Waals surface area contributed by atoms with E-state index in [9.17, 15) is 14.4 Å². The van der Waals surface area contributed by atoms with Gasteiger partial charge in [0, 0.05) is 11.6 Å². The molecule has 10 nitrogen and oxygen atoms in total. The van der Waals surface area contributed by atoms with Gasteiger partial charge in [-0.3, -0.25) is 14.6 Å². The van der Waals surface area contributed by atoms with Gasteiger partial charge >= 0.3 is 11.9 Å². The molecule has 0 atom stereocenters. The Morgan fingerprint density at radius 3 is 2.93 bits per heavy atom. The molecule has 0 saturated carbocycles. The molecule has 1 amide bonds. The van der Waals surface area contributed by atoms with Crippen LogP contribution in [0.4, 0.5) is 5.82 Å². The monoisotopic (exact) mass is 397 g/mol. The highest BCUT2D eigenvalue weighted by molar-refractivity contribution is 6.37. The lowest BCUT2D eigenvalue weighted by Gasteiger charge is -2.15. The molecule has 0 saturated heterocycles. The van der Waals surface area contributed by atoms with Crippen LogP contribution in [0.3, 0.4) is 0 Å². The zero-order valence-corrected chi connectivity index (χ0v) is 15.7. The van der Waals surface area contributed by atoms with Crippen LogP contribution in [0.15, 0.2) is 33.7 Å². The van der Waals surface area contributed by atoms with E-state index in [1.54, 1.807) is 19.1 Å². The first-order chi connectivity index (χ1) is 14.1. The highest BCUT2D eigenvalue weighted by Gasteiger charge is 2.22. The minimum atomic E-state index is -1.02. The fourth-order valence-corrected chi connectivity index (χ4v) is 3.23. The van der Waals surface area contributed by atoms with Gasteiger partial charge in [-0.05, 0) is 44.7 Å². The topological polar surface area (TPSA) is 132 Å². The number of nitrogens with one attached hydrogen (secondary N) is 2. The fraction of sp³-hybridized carbons (Fsp3) is 0.316. The predicted octanol–water partition coefficient (Wildman–Crippen LogP) is 1.60. The minimum Gasteiger partial charge on any atom is -0.463 e. The highest BCUT2D eigenvalue weighted by atomic mass is 16.5. The van der Waals surface area contributed by atoms with Crippen molar-refractivity contribution in [3.8, 4) is 17.4 Å². The third-order valence-corrected chi connectivity index (χ3v) is 4.57. The van der Waals surface area contributed by atoms with Crippen LogP contribution in [-0.2, 0) is 27.2 Å². The van der Waals surface area contributed by atoms with Crippen LogP contribution >= 0.6 is 0 Å². The van der Waals surface area contributed by atoms with Crippen molar-refractivity contribution in [3.05, 3.63) is 46.1 Å². The van der Waals surface area contributed by atoms with Gasteiger partial charge < -0.3 is 14.5 Å². The maximum absolute atomic E-state index is 12.5. The summed E-state index contributed by atoms with van der Waals surface area (Å²) in [6, 6.07) is 4.92. The summed E-state index contributed by atoms with van der Waals surface area (Å²) >= 11 is 0. The summed E-state index contributed by atoms with van der Waals surface area (Å²) in [7, 11) is 0. The molecule has 0 spiro atoms. The van der Waals surface area contributed by atoms with E-state index < -0.39 is 11.9 Å². The van der Waals surface area contributed by atoms with Crippen molar-refractivity contribution in [2.75, 3.05) is 11.9 Å². The summed E-state index contributed by atoms with van der Waals surface area (Å²) in [5.74, 6) is -1.23.